The molecule has 1 rings (SSSR count). The summed E-state index contributed by atoms with van der Waals surface area (Å²) in [6, 6.07) is 8.10. The largest absolute Gasteiger partial charge is 0.469 e. The quantitative estimate of drug-likeness (QED) is 0.745. The van der Waals surface area contributed by atoms with Crippen molar-refractivity contribution in [2.45, 2.75) is 25.7 Å². The minimum absolute atomic E-state index is 0.161. The van der Waals surface area contributed by atoms with Gasteiger partial charge in [0.2, 0.25) is 0 Å². The van der Waals surface area contributed by atoms with Crippen LogP contribution in [0.4, 0.5) is 0 Å². The van der Waals surface area contributed by atoms with Crippen molar-refractivity contribution in [3.05, 3.63) is 35.4 Å². The number of carbonyl (C=O) groups excluding carboxylic acids is 1. The van der Waals surface area contributed by atoms with Crippen molar-refractivity contribution in [3.8, 4) is 0 Å². The number of methoxy groups -OCH3 is 1. The lowest BCUT2D eigenvalue weighted by Gasteiger charge is -2.04. The maximum atomic E-state index is 10.9. The minimum atomic E-state index is -0.161. The van der Waals surface area contributed by atoms with Crippen LogP contribution < -0.4 is 0 Å². The summed E-state index contributed by atoms with van der Waals surface area (Å²) in [5.74, 6) is -0.161. The summed E-state index contributed by atoms with van der Waals surface area (Å²) in [6.07, 6.45) is 2.81. The molecule has 0 bridgehead atoms. The summed E-state index contributed by atoms with van der Waals surface area (Å²) in [6.45, 7) is 0.172. The van der Waals surface area contributed by atoms with Gasteiger partial charge in [0.25, 0.3) is 0 Å². The minimum Gasteiger partial charge on any atom is -0.469 e. The molecule has 0 saturated carbocycles. The fourth-order valence-electron chi connectivity index (χ4n) is 1.61. The van der Waals surface area contributed by atoms with Gasteiger partial charge in [-0.2, -0.15) is 0 Å². The molecule has 1 N–H and O–H groups in total. The molecule has 0 atom stereocenters. The highest BCUT2D eigenvalue weighted by Gasteiger charge is 2.01. The lowest BCUT2D eigenvalue weighted by Crippen LogP contribution is -2.00. The van der Waals surface area contributed by atoms with Crippen molar-refractivity contribution in [2.24, 2.45) is 0 Å². The maximum absolute atomic E-state index is 10.9. The second-order valence-corrected chi connectivity index (χ2v) is 3.72. The zero-order valence-electron chi connectivity index (χ0n) is 9.61. The van der Waals surface area contributed by atoms with E-state index in [9.17, 15) is 4.79 Å². The number of aliphatic hydroxyl groups excluding tert-OH is 1. The normalized spacial score (nSPS) is 10.1. The van der Waals surface area contributed by atoms with Crippen molar-refractivity contribution < 1.29 is 14.6 Å². The summed E-state index contributed by atoms with van der Waals surface area (Å²) in [7, 11) is 1.41. The van der Waals surface area contributed by atoms with Crippen LogP contribution in [0.3, 0.4) is 0 Å². The van der Waals surface area contributed by atoms with Gasteiger partial charge in [-0.1, -0.05) is 24.3 Å². The Labute approximate surface area is 96.1 Å². The first kappa shape index (κ1) is 12.7. The Kier molecular flexibility index (Phi) is 5.57. The SMILES string of the molecule is COC(=O)CCCc1cccc(CCO)c1. The third kappa shape index (κ3) is 4.45. The number of benzene rings is 1. The average Bonchev–Trinajstić information content (AvgIpc) is 2.30. The predicted molar refractivity (Wildman–Crippen MR) is 62.2 cm³/mol. The molecule has 0 spiro atoms. The van der Waals surface area contributed by atoms with Crippen LogP contribution in [0.25, 0.3) is 0 Å². The van der Waals surface area contributed by atoms with Crippen molar-refractivity contribution in [1.29, 1.82) is 0 Å². The number of aliphatic hydroxyl groups is 1. The van der Waals surface area contributed by atoms with Gasteiger partial charge < -0.3 is 9.84 Å². The van der Waals surface area contributed by atoms with Gasteiger partial charge in [-0.15, -0.1) is 0 Å². The van der Waals surface area contributed by atoms with Gasteiger partial charge in [-0.05, 0) is 30.4 Å². The molecule has 3 nitrogen and oxygen atoms in total. The van der Waals surface area contributed by atoms with E-state index in [-0.39, 0.29) is 12.6 Å². The third-order valence-corrected chi connectivity index (χ3v) is 2.47. The molecule has 0 fully saturated rings. The summed E-state index contributed by atoms with van der Waals surface area (Å²) in [5, 5.41) is 8.83. The highest BCUT2D eigenvalue weighted by atomic mass is 16.5. The van der Waals surface area contributed by atoms with E-state index in [2.05, 4.69) is 10.8 Å². The zero-order chi connectivity index (χ0) is 11.8. The molecular formula is C13H18O3. The smallest absolute Gasteiger partial charge is 0.305 e. The number of carbonyl (C=O) groups is 1. The molecule has 0 aliphatic heterocycles. The van der Waals surface area contributed by atoms with Crippen LogP contribution >= 0.6 is 0 Å². The van der Waals surface area contributed by atoms with Gasteiger partial charge in [0.1, 0.15) is 0 Å². The van der Waals surface area contributed by atoms with Gasteiger partial charge in [0.15, 0.2) is 0 Å². The maximum Gasteiger partial charge on any atom is 0.305 e. The van der Waals surface area contributed by atoms with E-state index in [0.717, 1.165) is 18.4 Å². The molecule has 0 aliphatic rings. The van der Waals surface area contributed by atoms with Crippen LogP contribution in [0, 0.1) is 0 Å². The third-order valence-electron chi connectivity index (χ3n) is 2.47. The topological polar surface area (TPSA) is 46.5 Å². The molecule has 0 aliphatic carbocycles. The second-order valence-electron chi connectivity index (χ2n) is 3.72. The summed E-state index contributed by atoms with van der Waals surface area (Å²) in [4.78, 5) is 10.9. The first-order valence-electron chi connectivity index (χ1n) is 5.51. The Morgan fingerprint density at radius 3 is 2.62 bits per heavy atom. The molecule has 1 aromatic rings. The van der Waals surface area contributed by atoms with E-state index in [1.807, 2.05) is 18.2 Å². The first-order valence-corrected chi connectivity index (χ1v) is 5.51. The molecular weight excluding hydrogens is 204 g/mol. The predicted octanol–water partition coefficient (Wildman–Crippen LogP) is 1.72. The van der Waals surface area contributed by atoms with E-state index < -0.39 is 0 Å². The van der Waals surface area contributed by atoms with Gasteiger partial charge in [-0.25, -0.2) is 0 Å². The summed E-state index contributed by atoms with van der Waals surface area (Å²) >= 11 is 0. The number of rotatable bonds is 6. The Bertz CT molecular complexity index is 334. The Morgan fingerprint density at radius 2 is 2.00 bits per heavy atom. The van der Waals surface area contributed by atoms with Crippen LogP contribution in [-0.4, -0.2) is 24.8 Å². The molecule has 0 heterocycles. The van der Waals surface area contributed by atoms with Crippen molar-refractivity contribution >= 4 is 5.97 Å². The second kappa shape index (κ2) is 7.01. The molecule has 1 aromatic carbocycles. The lowest BCUT2D eigenvalue weighted by atomic mass is 10.0. The van der Waals surface area contributed by atoms with Crippen LogP contribution in [-0.2, 0) is 22.4 Å². The number of esters is 1. The fraction of sp³-hybridized carbons (Fsp3) is 0.462. The Morgan fingerprint density at radius 1 is 1.31 bits per heavy atom. The molecule has 0 radical (unpaired) electrons. The van der Waals surface area contributed by atoms with Gasteiger partial charge in [0.05, 0.1) is 7.11 Å². The molecule has 0 unspecified atom stereocenters. The van der Waals surface area contributed by atoms with Crippen LogP contribution in [0.2, 0.25) is 0 Å². The van der Waals surface area contributed by atoms with E-state index in [0.29, 0.717) is 12.8 Å². The molecule has 16 heavy (non-hydrogen) atoms. The van der Waals surface area contributed by atoms with E-state index in [1.54, 1.807) is 0 Å². The van der Waals surface area contributed by atoms with E-state index in [4.69, 9.17) is 5.11 Å². The monoisotopic (exact) mass is 222 g/mol. The van der Waals surface area contributed by atoms with Gasteiger partial charge >= 0.3 is 5.97 Å². The number of hydrogen-bond donors (Lipinski definition) is 1. The molecule has 0 saturated heterocycles. The van der Waals surface area contributed by atoms with Crippen molar-refractivity contribution in [3.63, 3.8) is 0 Å². The fourth-order valence-corrected chi connectivity index (χ4v) is 1.61. The molecule has 3 heteroatoms. The van der Waals surface area contributed by atoms with Crippen LogP contribution in [0.1, 0.15) is 24.0 Å². The van der Waals surface area contributed by atoms with Crippen LogP contribution in [0.5, 0.6) is 0 Å². The zero-order valence-corrected chi connectivity index (χ0v) is 9.61. The van der Waals surface area contributed by atoms with Crippen molar-refractivity contribution in [1.82, 2.24) is 0 Å². The standard InChI is InChI=1S/C13H18O3/c1-16-13(15)7-3-6-11-4-2-5-12(10-11)8-9-14/h2,4-5,10,14H,3,6-9H2,1H3. The molecule has 0 aromatic heterocycles. The van der Waals surface area contributed by atoms with Crippen LogP contribution in [0.15, 0.2) is 24.3 Å². The highest BCUT2D eigenvalue weighted by Crippen LogP contribution is 2.09. The van der Waals surface area contributed by atoms with Gasteiger partial charge in [0, 0.05) is 13.0 Å². The lowest BCUT2D eigenvalue weighted by molar-refractivity contribution is -0.140. The average molecular weight is 222 g/mol. The Balaban J connectivity index is 2.41. The first-order chi connectivity index (χ1) is 7.76. The van der Waals surface area contributed by atoms with Crippen molar-refractivity contribution in [2.75, 3.05) is 13.7 Å². The Hall–Kier alpha value is -1.35. The highest BCUT2D eigenvalue weighted by molar-refractivity contribution is 5.69. The molecule has 0 amide bonds. The van der Waals surface area contributed by atoms with E-state index in [1.165, 1.54) is 12.7 Å². The number of hydrogen-bond acceptors (Lipinski definition) is 3. The van der Waals surface area contributed by atoms with Gasteiger partial charge in [-0.3, -0.25) is 4.79 Å². The van der Waals surface area contributed by atoms with E-state index >= 15 is 0 Å². The number of ether oxygens (including phenoxy) is 1. The summed E-state index contributed by atoms with van der Waals surface area (Å²) in [5.41, 5.74) is 2.34. The number of aryl methyl sites for hydroxylation is 1. The summed E-state index contributed by atoms with van der Waals surface area (Å²) < 4.78 is 4.58. The molecule has 88 valence electrons.